The maximum Gasteiger partial charge on any atom is 0.215 e. The predicted molar refractivity (Wildman–Crippen MR) is 26.4 cm³/mol. The fraction of sp³-hybridized carbons (Fsp3) is 0.800. The van der Waals surface area contributed by atoms with Crippen LogP contribution in [0.15, 0.2) is 0 Å². The Hall–Kier alpha value is -0.410. The molecule has 1 aliphatic rings. The minimum absolute atomic E-state index is 0.0743. The summed E-state index contributed by atoms with van der Waals surface area (Å²) in [5.74, 6) is 0. The fourth-order valence-electron chi connectivity index (χ4n) is 0.609. The second-order valence-electron chi connectivity index (χ2n) is 1.78. The number of carbonyl (C=O) groups excluding carboxylic acids is 1. The third kappa shape index (κ3) is 1.05. The SMILES string of the molecule is CC1COC(C=O)O1. The fourth-order valence-corrected chi connectivity index (χ4v) is 0.609. The summed E-state index contributed by atoms with van der Waals surface area (Å²) in [4.78, 5) is 9.90. The molecular formula is C5H8O3. The highest BCUT2D eigenvalue weighted by Crippen LogP contribution is 2.07. The second kappa shape index (κ2) is 2.24. The topological polar surface area (TPSA) is 35.5 Å². The molecule has 1 saturated heterocycles. The summed E-state index contributed by atoms with van der Waals surface area (Å²) in [7, 11) is 0. The van der Waals surface area contributed by atoms with E-state index < -0.39 is 6.29 Å². The van der Waals surface area contributed by atoms with Gasteiger partial charge in [-0.3, -0.25) is 4.79 Å². The summed E-state index contributed by atoms with van der Waals surface area (Å²) in [5, 5.41) is 0. The Balaban J connectivity index is 2.32. The minimum Gasteiger partial charge on any atom is -0.344 e. The van der Waals surface area contributed by atoms with Gasteiger partial charge < -0.3 is 9.47 Å². The first-order valence-corrected chi connectivity index (χ1v) is 2.55. The summed E-state index contributed by atoms with van der Waals surface area (Å²) in [6.07, 6.45) is 0.124. The van der Waals surface area contributed by atoms with Crippen LogP contribution in [-0.4, -0.2) is 25.3 Å². The molecule has 1 aliphatic heterocycles. The molecule has 1 fully saturated rings. The third-order valence-corrected chi connectivity index (χ3v) is 0.973. The molecule has 0 aromatic carbocycles. The van der Waals surface area contributed by atoms with E-state index in [2.05, 4.69) is 0 Å². The Morgan fingerprint density at radius 1 is 1.75 bits per heavy atom. The largest absolute Gasteiger partial charge is 0.344 e. The maximum atomic E-state index is 9.90. The average molecular weight is 116 g/mol. The molecule has 0 aliphatic carbocycles. The normalized spacial score (nSPS) is 37.6. The summed E-state index contributed by atoms with van der Waals surface area (Å²) < 4.78 is 9.74. The van der Waals surface area contributed by atoms with Crippen molar-refractivity contribution >= 4 is 6.29 Å². The zero-order valence-corrected chi connectivity index (χ0v) is 4.66. The smallest absolute Gasteiger partial charge is 0.215 e. The van der Waals surface area contributed by atoms with Crippen LogP contribution in [-0.2, 0) is 14.3 Å². The van der Waals surface area contributed by atoms with Gasteiger partial charge in [-0.1, -0.05) is 0 Å². The zero-order valence-electron chi connectivity index (χ0n) is 4.66. The summed E-state index contributed by atoms with van der Waals surface area (Å²) in [5.41, 5.74) is 0. The van der Waals surface area contributed by atoms with Crippen LogP contribution in [0.4, 0.5) is 0 Å². The van der Waals surface area contributed by atoms with Crippen molar-refractivity contribution in [3.8, 4) is 0 Å². The molecular weight excluding hydrogens is 108 g/mol. The van der Waals surface area contributed by atoms with Crippen molar-refractivity contribution < 1.29 is 14.3 Å². The van der Waals surface area contributed by atoms with Gasteiger partial charge in [0.05, 0.1) is 12.7 Å². The van der Waals surface area contributed by atoms with Crippen molar-refractivity contribution in [1.29, 1.82) is 0 Å². The molecule has 0 amide bonds. The van der Waals surface area contributed by atoms with Crippen LogP contribution >= 0.6 is 0 Å². The molecule has 3 heteroatoms. The van der Waals surface area contributed by atoms with E-state index >= 15 is 0 Å². The molecule has 3 nitrogen and oxygen atoms in total. The molecule has 0 aromatic heterocycles. The summed E-state index contributed by atoms with van der Waals surface area (Å²) >= 11 is 0. The van der Waals surface area contributed by atoms with Crippen LogP contribution in [0.5, 0.6) is 0 Å². The van der Waals surface area contributed by atoms with Crippen LogP contribution in [0.3, 0.4) is 0 Å². The monoisotopic (exact) mass is 116 g/mol. The highest BCUT2D eigenvalue weighted by molar-refractivity contribution is 5.54. The lowest BCUT2D eigenvalue weighted by Crippen LogP contribution is -2.09. The lowest BCUT2D eigenvalue weighted by Gasteiger charge is -1.97. The lowest BCUT2D eigenvalue weighted by molar-refractivity contribution is -0.132. The molecule has 8 heavy (non-hydrogen) atoms. The molecule has 1 rings (SSSR count). The Morgan fingerprint density at radius 3 is 2.75 bits per heavy atom. The molecule has 0 aromatic rings. The Labute approximate surface area is 47.6 Å². The average Bonchev–Trinajstić information content (AvgIpc) is 2.14. The number of rotatable bonds is 1. The van der Waals surface area contributed by atoms with Crippen molar-refractivity contribution in [3.05, 3.63) is 0 Å². The predicted octanol–water partition coefficient (Wildman–Crippen LogP) is -0.0533. The van der Waals surface area contributed by atoms with E-state index in [1.807, 2.05) is 6.92 Å². The van der Waals surface area contributed by atoms with E-state index in [1.165, 1.54) is 0 Å². The highest BCUT2D eigenvalue weighted by atomic mass is 16.7. The van der Waals surface area contributed by atoms with E-state index in [4.69, 9.17) is 9.47 Å². The van der Waals surface area contributed by atoms with Crippen LogP contribution in [0.1, 0.15) is 6.92 Å². The first-order valence-electron chi connectivity index (χ1n) is 2.55. The molecule has 0 bridgehead atoms. The number of hydrogen-bond donors (Lipinski definition) is 0. The van der Waals surface area contributed by atoms with Crippen molar-refractivity contribution in [3.63, 3.8) is 0 Å². The van der Waals surface area contributed by atoms with Gasteiger partial charge in [-0.15, -0.1) is 0 Å². The lowest BCUT2D eigenvalue weighted by atomic mass is 10.5. The quantitative estimate of drug-likeness (QED) is 0.450. The highest BCUT2D eigenvalue weighted by Gasteiger charge is 2.20. The van der Waals surface area contributed by atoms with Crippen molar-refractivity contribution in [1.82, 2.24) is 0 Å². The first kappa shape index (κ1) is 5.72. The minimum atomic E-state index is -0.606. The van der Waals surface area contributed by atoms with Gasteiger partial charge in [0.1, 0.15) is 0 Å². The third-order valence-electron chi connectivity index (χ3n) is 0.973. The van der Waals surface area contributed by atoms with E-state index in [-0.39, 0.29) is 6.10 Å². The molecule has 2 atom stereocenters. The van der Waals surface area contributed by atoms with Gasteiger partial charge in [0.25, 0.3) is 0 Å². The standard InChI is InChI=1S/C5H8O3/c1-4-3-7-5(2-6)8-4/h2,4-5H,3H2,1H3. The van der Waals surface area contributed by atoms with E-state index in [9.17, 15) is 4.79 Å². The van der Waals surface area contributed by atoms with E-state index in [0.29, 0.717) is 12.9 Å². The maximum absolute atomic E-state index is 9.90. The molecule has 0 N–H and O–H groups in total. The van der Waals surface area contributed by atoms with Gasteiger partial charge in [0.2, 0.25) is 6.29 Å². The number of aldehydes is 1. The molecule has 46 valence electrons. The van der Waals surface area contributed by atoms with E-state index in [1.54, 1.807) is 0 Å². The van der Waals surface area contributed by atoms with Gasteiger partial charge in [-0.05, 0) is 6.92 Å². The van der Waals surface area contributed by atoms with Crippen LogP contribution in [0, 0.1) is 0 Å². The molecule has 1 heterocycles. The van der Waals surface area contributed by atoms with Gasteiger partial charge in [0.15, 0.2) is 6.29 Å². The van der Waals surface area contributed by atoms with Crippen LogP contribution in [0.25, 0.3) is 0 Å². The Kier molecular flexibility index (Phi) is 1.60. The van der Waals surface area contributed by atoms with Gasteiger partial charge in [0, 0.05) is 0 Å². The Morgan fingerprint density at radius 2 is 2.50 bits per heavy atom. The molecule has 0 spiro atoms. The molecule has 0 radical (unpaired) electrons. The number of ether oxygens (including phenoxy) is 2. The van der Waals surface area contributed by atoms with Gasteiger partial charge in [-0.25, -0.2) is 0 Å². The summed E-state index contributed by atoms with van der Waals surface area (Å²) in [6.45, 7) is 2.40. The summed E-state index contributed by atoms with van der Waals surface area (Å²) in [6, 6.07) is 0. The first-order chi connectivity index (χ1) is 3.83. The van der Waals surface area contributed by atoms with Crippen molar-refractivity contribution in [2.45, 2.75) is 19.3 Å². The van der Waals surface area contributed by atoms with Crippen molar-refractivity contribution in [2.75, 3.05) is 6.61 Å². The second-order valence-corrected chi connectivity index (χ2v) is 1.78. The van der Waals surface area contributed by atoms with Crippen molar-refractivity contribution in [2.24, 2.45) is 0 Å². The van der Waals surface area contributed by atoms with E-state index in [0.717, 1.165) is 0 Å². The Bertz CT molecular complexity index is 91.7. The number of hydrogen-bond acceptors (Lipinski definition) is 3. The molecule has 0 saturated carbocycles. The zero-order chi connectivity index (χ0) is 5.98. The molecule has 2 unspecified atom stereocenters. The number of carbonyl (C=O) groups is 1. The van der Waals surface area contributed by atoms with Crippen LogP contribution in [0.2, 0.25) is 0 Å². The van der Waals surface area contributed by atoms with Crippen LogP contribution < -0.4 is 0 Å². The van der Waals surface area contributed by atoms with Gasteiger partial charge >= 0.3 is 0 Å². The van der Waals surface area contributed by atoms with Gasteiger partial charge in [-0.2, -0.15) is 0 Å².